The van der Waals surface area contributed by atoms with Crippen LogP contribution in [0.4, 0.5) is 0 Å². The van der Waals surface area contributed by atoms with Crippen molar-refractivity contribution in [2.45, 2.75) is 33.1 Å². The van der Waals surface area contributed by atoms with Gasteiger partial charge in [0.25, 0.3) is 0 Å². The smallest absolute Gasteiger partial charge is 0.150 e. The molecule has 0 radical (unpaired) electrons. The first kappa shape index (κ1) is 12.0. The Balaban J connectivity index is 2.61. The average molecular weight is 219 g/mol. The summed E-state index contributed by atoms with van der Waals surface area (Å²) in [5.74, 6) is 1.27. The summed E-state index contributed by atoms with van der Waals surface area (Å²) in [4.78, 5) is 0. The Morgan fingerprint density at radius 3 is 2.43 bits per heavy atom. The lowest BCUT2D eigenvalue weighted by Gasteiger charge is -2.26. The quantitative estimate of drug-likeness (QED) is 0.772. The summed E-state index contributed by atoms with van der Waals surface area (Å²) in [6.45, 7) is 4.83. The van der Waals surface area contributed by atoms with Gasteiger partial charge in [-0.05, 0) is 30.7 Å². The first-order valence-corrected chi connectivity index (χ1v) is 7.12. The lowest BCUT2D eigenvalue weighted by molar-refractivity contribution is 0.291. The maximum atomic E-state index is 11.4. The van der Waals surface area contributed by atoms with Gasteiger partial charge in [0.1, 0.15) is 0 Å². The highest BCUT2D eigenvalue weighted by Gasteiger charge is 2.40. The SMILES string of the molecule is CC(C)CCC1(CN)CCS(=O)(=O)C1. The fourth-order valence-electron chi connectivity index (χ4n) is 2.04. The van der Waals surface area contributed by atoms with Crippen molar-refractivity contribution in [2.75, 3.05) is 18.1 Å². The van der Waals surface area contributed by atoms with Crippen molar-refractivity contribution in [3.05, 3.63) is 0 Å². The largest absolute Gasteiger partial charge is 0.330 e. The second kappa shape index (κ2) is 4.19. The van der Waals surface area contributed by atoms with Gasteiger partial charge in [-0.15, -0.1) is 0 Å². The third-order valence-corrected chi connectivity index (χ3v) is 5.03. The van der Waals surface area contributed by atoms with E-state index in [1.807, 2.05) is 0 Å². The molecule has 0 aromatic carbocycles. The van der Waals surface area contributed by atoms with Crippen LogP contribution in [-0.4, -0.2) is 26.5 Å². The van der Waals surface area contributed by atoms with E-state index in [1.54, 1.807) is 0 Å². The standard InChI is InChI=1S/C10H21NO2S/c1-9(2)3-4-10(7-11)5-6-14(12,13)8-10/h9H,3-8,11H2,1-2H3. The van der Waals surface area contributed by atoms with E-state index in [4.69, 9.17) is 5.73 Å². The van der Waals surface area contributed by atoms with Crippen molar-refractivity contribution < 1.29 is 8.42 Å². The summed E-state index contributed by atoms with van der Waals surface area (Å²) in [6, 6.07) is 0. The van der Waals surface area contributed by atoms with Gasteiger partial charge in [0.05, 0.1) is 11.5 Å². The van der Waals surface area contributed by atoms with Gasteiger partial charge in [-0.25, -0.2) is 8.42 Å². The molecule has 1 saturated heterocycles. The highest BCUT2D eigenvalue weighted by Crippen LogP contribution is 2.36. The molecular formula is C10H21NO2S. The van der Waals surface area contributed by atoms with Crippen LogP contribution in [0.15, 0.2) is 0 Å². The highest BCUT2D eigenvalue weighted by atomic mass is 32.2. The summed E-state index contributed by atoms with van der Waals surface area (Å²) < 4.78 is 22.8. The van der Waals surface area contributed by atoms with E-state index >= 15 is 0 Å². The normalized spacial score (nSPS) is 31.1. The summed E-state index contributed by atoms with van der Waals surface area (Å²) in [5, 5.41) is 0. The van der Waals surface area contributed by atoms with Crippen molar-refractivity contribution in [2.24, 2.45) is 17.1 Å². The Hall–Kier alpha value is -0.0900. The summed E-state index contributed by atoms with van der Waals surface area (Å²) in [5.41, 5.74) is 5.60. The van der Waals surface area contributed by atoms with Crippen LogP contribution < -0.4 is 5.73 Å². The van der Waals surface area contributed by atoms with Crippen molar-refractivity contribution in [1.29, 1.82) is 0 Å². The molecule has 0 aromatic rings. The molecule has 4 heteroatoms. The predicted octanol–water partition coefficient (Wildman–Crippen LogP) is 1.19. The lowest BCUT2D eigenvalue weighted by atomic mass is 9.81. The molecule has 0 spiro atoms. The van der Waals surface area contributed by atoms with Crippen LogP contribution >= 0.6 is 0 Å². The Bertz CT molecular complexity index is 284. The van der Waals surface area contributed by atoms with Crippen molar-refractivity contribution >= 4 is 9.84 Å². The fraction of sp³-hybridized carbons (Fsp3) is 1.00. The van der Waals surface area contributed by atoms with Gasteiger partial charge < -0.3 is 5.73 Å². The average Bonchev–Trinajstić information content (AvgIpc) is 2.40. The third-order valence-electron chi connectivity index (χ3n) is 3.15. The molecule has 14 heavy (non-hydrogen) atoms. The molecule has 1 aliphatic rings. The molecule has 0 aliphatic carbocycles. The minimum atomic E-state index is -2.79. The summed E-state index contributed by atoms with van der Waals surface area (Å²) in [7, 11) is -2.79. The maximum Gasteiger partial charge on any atom is 0.150 e. The van der Waals surface area contributed by atoms with Crippen LogP contribution in [0.25, 0.3) is 0 Å². The van der Waals surface area contributed by atoms with E-state index < -0.39 is 9.84 Å². The van der Waals surface area contributed by atoms with Crippen molar-refractivity contribution in [3.8, 4) is 0 Å². The Labute approximate surface area is 87.0 Å². The van der Waals surface area contributed by atoms with Gasteiger partial charge in [0.15, 0.2) is 9.84 Å². The molecule has 1 atom stereocenters. The van der Waals surface area contributed by atoms with E-state index in [-0.39, 0.29) is 5.41 Å². The van der Waals surface area contributed by atoms with Crippen LogP contribution in [0.3, 0.4) is 0 Å². The Morgan fingerprint density at radius 2 is 2.07 bits per heavy atom. The van der Waals surface area contributed by atoms with Crippen LogP contribution in [-0.2, 0) is 9.84 Å². The molecule has 1 fully saturated rings. The van der Waals surface area contributed by atoms with E-state index in [0.29, 0.717) is 24.0 Å². The number of rotatable bonds is 4. The first-order valence-electron chi connectivity index (χ1n) is 5.30. The monoisotopic (exact) mass is 219 g/mol. The number of sulfone groups is 1. The van der Waals surface area contributed by atoms with Crippen LogP contribution in [0.5, 0.6) is 0 Å². The van der Waals surface area contributed by atoms with Crippen LogP contribution in [0.2, 0.25) is 0 Å². The van der Waals surface area contributed by atoms with Crippen LogP contribution in [0, 0.1) is 11.3 Å². The van der Waals surface area contributed by atoms with Gasteiger partial charge in [0.2, 0.25) is 0 Å². The van der Waals surface area contributed by atoms with E-state index in [0.717, 1.165) is 19.3 Å². The molecule has 0 saturated carbocycles. The van der Waals surface area contributed by atoms with Crippen molar-refractivity contribution in [3.63, 3.8) is 0 Å². The number of nitrogens with two attached hydrogens (primary N) is 1. The number of hydrogen-bond acceptors (Lipinski definition) is 3. The zero-order valence-corrected chi connectivity index (χ0v) is 9.94. The van der Waals surface area contributed by atoms with E-state index in [2.05, 4.69) is 13.8 Å². The van der Waals surface area contributed by atoms with Crippen molar-refractivity contribution in [1.82, 2.24) is 0 Å². The molecule has 0 bridgehead atoms. The fourth-order valence-corrected chi connectivity index (χ4v) is 4.27. The molecule has 2 N–H and O–H groups in total. The molecular weight excluding hydrogens is 198 g/mol. The van der Waals surface area contributed by atoms with Gasteiger partial charge >= 0.3 is 0 Å². The second-order valence-electron chi connectivity index (χ2n) is 4.98. The minimum absolute atomic E-state index is 0.108. The molecule has 1 aliphatic heterocycles. The molecule has 0 amide bonds. The molecule has 0 aromatic heterocycles. The molecule has 1 heterocycles. The molecule has 84 valence electrons. The van der Waals surface area contributed by atoms with Gasteiger partial charge in [-0.3, -0.25) is 0 Å². The van der Waals surface area contributed by atoms with E-state index in [9.17, 15) is 8.42 Å². The van der Waals surface area contributed by atoms with Gasteiger partial charge in [-0.1, -0.05) is 20.3 Å². The predicted molar refractivity (Wildman–Crippen MR) is 58.8 cm³/mol. The second-order valence-corrected chi connectivity index (χ2v) is 7.16. The van der Waals surface area contributed by atoms with Crippen LogP contribution in [0.1, 0.15) is 33.1 Å². The lowest BCUT2D eigenvalue weighted by Crippen LogP contribution is -2.32. The summed E-state index contributed by atoms with van der Waals surface area (Å²) >= 11 is 0. The molecule has 3 nitrogen and oxygen atoms in total. The molecule has 1 unspecified atom stereocenters. The Morgan fingerprint density at radius 1 is 1.43 bits per heavy atom. The van der Waals surface area contributed by atoms with Gasteiger partial charge in [-0.2, -0.15) is 0 Å². The highest BCUT2D eigenvalue weighted by molar-refractivity contribution is 7.91. The third kappa shape index (κ3) is 2.95. The summed E-state index contributed by atoms with van der Waals surface area (Å²) in [6.07, 6.45) is 2.80. The topological polar surface area (TPSA) is 60.2 Å². The number of hydrogen-bond donors (Lipinski definition) is 1. The van der Waals surface area contributed by atoms with Gasteiger partial charge in [0, 0.05) is 0 Å². The maximum absolute atomic E-state index is 11.4. The zero-order valence-electron chi connectivity index (χ0n) is 9.12. The first-order chi connectivity index (χ1) is 6.39. The Kier molecular flexibility index (Phi) is 3.58. The molecule has 1 rings (SSSR count). The zero-order chi connectivity index (χ0) is 10.8. The van der Waals surface area contributed by atoms with E-state index in [1.165, 1.54) is 0 Å². The minimum Gasteiger partial charge on any atom is -0.330 e.